The van der Waals surface area contributed by atoms with Crippen molar-refractivity contribution in [2.75, 3.05) is 6.54 Å². The molecule has 0 saturated heterocycles. The van der Waals surface area contributed by atoms with Gasteiger partial charge in [0.2, 0.25) is 0 Å². The maximum Gasteiger partial charge on any atom is 0.264 e. The second kappa shape index (κ2) is 5.19. The van der Waals surface area contributed by atoms with Crippen LogP contribution in [0.3, 0.4) is 0 Å². The number of pyridine rings is 1. The van der Waals surface area contributed by atoms with E-state index in [-0.39, 0.29) is 11.5 Å². The highest BCUT2D eigenvalue weighted by molar-refractivity contribution is 5.95. The van der Waals surface area contributed by atoms with Gasteiger partial charge in [0.05, 0.1) is 0 Å². The van der Waals surface area contributed by atoms with Crippen LogP contribution in [0, 0.1) is 19.8 Å². The third-order valence-corrected chi connectivity index (χ3v) is 3.44. The monoisotopic (exact) mass is 262 g/mol. The van der Waals surface area contributed by atoms with Gasteiger partial charge in [0, 0.05) is 18.3 Å². The lowest BCUT2D eigenvalue weighted by molar-refractivity contribution is 0.0946. The molecule has 0 aromatic carbocycles. The molecule has 1 fully saturated rings. The van der Waals surface area contributed by atoms with E-state index in [0.717, 1.165) is 24.1 Å². The van der Waals surface area contributed by atoms with Crippen LogP contribution in [0.4, 0.5) is 0 Å². The predicted molar refractivity (Wildman–Crippen MR) is 75.6 cm³/mol. The molecule has 0 bridgehead atoms. The highest BCUT2D eigenvalue weighted by Crippen LogP contribution is 2.34. The Kier molecular flexibility index (Phi) is 3.78. The normalized spacial score (nSPS) is 14.8. The molecule has 2 rings (SSSR count). The number of carbonyl (C=O) groups is 1. The van der Waals surface area contributed by atoms with E-state index >= 15 is 0 Å². The van der Waals surface area contributed by atoms with Crippen LogP contribution in [-0.2, 0) is 0 Å². The summed E-state index contributed by atoms with van der Waals surface area (Å²) in [6.07, 6.45) is 2.08. The van der Waals surface area contributed by atoms with E-state index in [2.05, 4.69) is 5.32 Å². The number of aromatic nitrogens is 1. The molecule has 1 saturated carbocycles. The summed E-state index contributed by atoms with van der Waals surface area (Å²) in [6, 6.07) is 2.23. The first kappa shape index (κ1) is 13.8. The van der Waals surface area contributed by atoms with E-state index < -0.39 is 0 Å². The summed E-state index contributed by atoms with van der Waals surface area (Å²) in [5.74, 6) is 0.131. The van der Waals surface area contributed by atoms with Crippen molar-refractivity contribution in [1.29, 1.82) is 0 Å². The fourth-order valence-electron chi connectivity index (χ4n) is 2.35. The Morgan fingerprint density at radius 2 is 2.05 bits per heavy atom. The van der Waals surface area contributed by atoms with Crippen molar-refractivity contribution in [3.63, 3.8) is 0 Å². The van der Waals surface area contributed by atoms with Gasteiger partial charge in [0.15, 0.2) is 0 Å². The summed E-state index contributed by atoms with van der Waals surface area (Å²) in [5, 5.41) is 2.83. The summed E-state index contributed by atoms with van der Waals surface area (Å²) >= 11 is 0. The Labute approximate surface area is 113 Å². The molecule has 0 unspecified atom stereocenters. The SMILES string of the molecule is Cc1cc(C)n(C2CC2)c(=O)c1C(=O)NCC(C)C. The molecule has 0 radical (unpaired) electrons. The number of hydrogen-bond donors (Lipinski definition) is 1. The minimum absolute atomic E-state index is 0.138. The van der Waals surface area contributed by atoms with Crippen molar-refractivity contribution < 1.29 is 4.79 Å². The molecule has 4 heteroatoms. The number of rotatable bonds is 4. The van der Waals surface area contributed by atoms with Gasteiger partial charge < -0.3 is 9.88 Å². The summed E-state index contributed by atoms with van der Waals surface area (Å²) in [6.45, 7) is 8.42. The first-order chi connectivity index (χ1) is 8.91. The van der Waals surface area contributed by atoms with Crippen LogP contribution in [0.1, 0.15) is 54.3 Å². The standard InChI is InChI=1S/C15H22N2O2/c1-9(2)8-16-14(18)13-10(3)7-11(4)17(15(13)19)12-5-6-12/h7,9,12H,5-6,8H2,1-4H3,(H,16,18). The van der Waals surface area contributed by atoms with Crippen molar-refractivity contribution in [2.45, 2.75) is 46.6 Å². The summed E-state index contributed by atoms with van der Waals surface area (Å²) in [4.78, 5) is 24.7. The van der Waals surface area contributed by atoms with Gasteiger partial charge in [-0.3, -0.25) is 9.59 Å². The summed E-state index contributed by atoms with van der Waals surface area (Å²) < 4.78 is 1.78. The largest absolute Gasteiger partial charge is 0.352 e. The van der Waals surface area contributed by atoms with Gasteiger partial charge in [-0.15, -0.1) is 0 Å². The van der Waals surface area contributed by atoms with Crippen molar-refractivity contribution in [3.8, 4) is 0 Å². The molecule has 104 valence electrons. The molecule has 4 nitrogen and oxygen atoms in total. The Morgan fingerprint density at radius 3 is 2.58 bits per heavy atom. The minimum atomic E-state index is -0.245. The fourth-order valence-corrected chi connectivity index (χ4v) is 2.35. The molecule has 1 aromatic heterocycles. The zero-order chi connectivity index (χ0) is 14.2. The second-order valence-corrected chi connectivity index (χ2v) is 5.85. The molecule has 1 amide bonds. The molecular formula is C15H22N2O2. The number of nitrogens with zero attached hydrogens (tertiary/aromatic N) is 1. The van der Waals surface area contributed by atoms with Gasteiger partial charge in [0.25, 0.3) is 11.5 Å². The third kappa shape index (κ3) is 2.88. The number of aryl methyl sites for hydroxylation is 2. The number of nitrogens with one attached hydrogen (secondary N) is 1. The molecule has 0 spiro atoms. The maximum atomic E-state index is 12.5. The van der Waals surface area contributed by atoms with Crippen molar-refractivity contribution >= 4 is 5.91 Å². The van der Waals surface area contributed by atoms with E-state index in [1.54, 1.807) is 4.57 Å². The quantitative estimate of drug-likeness (QED) is 0.904. The average molecular weight is 262 g/mol. The molecule has 1 aliphatic carbocycles. The number of amides is 1. The lowest BCUT2D eigenvalue weighted by Crippen LogP contribution is -2.36. The lowest BCUT2D eigenvalue weighted by Gasteiger charge is -2.14. The average Bonchev–Trinajstić information content (AvgIpc) is 3.09. The Balaban J connectivity index is 2.37. The summed E-state index contributed by atoms with van der Waals surface area (Å²) in [7, 11) is 0. The highest BCUT2D eigenvalue weighted by Gasteiger charge is 2.28. The molecule has 1 aliphatic rings. The smallest absolute Gasteiger partial charge is 0.264 e. The topological polar surface area (TPSA) is 51.1 Å². The molecule has 1 aromatic rings. The van der Waals surface area contributed by atoms with Crippen LogP contribution in [0.15, 0.2) is 10.9 Å². The molecule has 1 heterocycles. The number of hydrogen-bond acceptors (Lipinski definition) is 2. The fraction of sp³-hybridized carbons (Fsp3) is 0.600. The van der Waals surface area contributed by atoms with E-state index in [0.29, 0.717) is 24.1 Å². The van der Waals surface area contributed by atoms with Crippen LogP contribution < -0.4 is 10.9 Å². The van der Waals surface area contributed by atoms with Crippen LogP contribution >= 0.6 is 0 Å². The van der Waals surface area contributed by atoms with Crippen LogP contribution in [0.5, 0.6) is 0 Å². The predicted octanol–water partition coefficient (Wildman–Crippen LogP) is 2.19. The first-order valence-corrected chi connectivity index (χ1v) is 6.92. The minimum Gasteiger partial charge on any atom is -0.352 e. The van der Waals surface area contributed by atoms with Gasteiger partial charge in [-0.05, 0) is 44.2 Å². The summed E-state index contributed by atoms with van der Waals surface area (Å²) in [5.41, 5.74) is 1.88. The molecule has 1 N–H and O–H groups in total. The van der Waals surface area contributed by atoms with Gasteiger partial charge in [0.1, 0.15) is 5.56 Å². The van der Waals surface area contributed by atoms with Gasteiger partial charge in [-0.2, -0.15) is 0 Å². The van der Waals surface area contributed by atoms with Crippen LogP contribution in [0.2, 0.25) is 0 Å². The van der Waals surface area contributed by atoms with E-state index in [1.165, 1.54) is 0 Å². The molecule has 19 heavy (non-hydrogen) atoms. The lowest BCUT2D eigenvalue weighted by atomic mass is 10.1. The third-order valence-electron chi connectivity index (χ3n) is 3.44. The molecule has 0 atom stereocenters. The van der Waals surface area contributed by atoms with Crippen molar-refractivity contribution in [3.05, 3.63) is 33.2 Å². The van der Waals surface area contributed by atoms with Crippen molar-refractivity contribution in [1.82, 2.24) is 9.88 Å². The van der Waals surface area contributed by atoms with E-state index in [9.17, 15) is 9.59 Å². The van der Waals surface area contributed by atoms with Crippen molar-refractivity contribution in [2.24, 2.45) is 5.92 Å². The number of carbonyl (C=O) groups excluding carboxylic acids is 1. The molecule has 0 aliphatic heterocycles. The van der Waals surface area contributed by atoms with E-state index in [1.807, 2.05) is 33.8 Å². The molecular weight excluding hydrogens is 240 g/mol. The Hall–Kier alpha value is -1.58. The first-order valence-electron chi connectivity index (χ1n) is 6.92. The maximum absolute atomic E-state index is 12.5. The van der Waals surface area contributed by atoms with Gasteiger partial charge in [-0.25, -0.2) is 0 Å². The zero-order valence-corrected chi connectivity index (χ0v) is 12.1. The van der Waals surface area contributed by atoms with Crippen LogP contribution in [0.25, 0.3) is 0 Å². The highest BCUT2D eigenvalue weighted by atomic mass is 16.2. The Morgan fingerprint density at radius 1 is 1.42 bits per heavy atom. The van der Waals surface area contributed by atoms with E-state index in [4.69, 9.17) is 0 Å². The van der Waals surface area contributed by atoms with Gasteiger partial charge >= 0.3 is 0 Å². The zero-order valence-electron chi connectivity index (χ0n) is 12.1. The Bertz CT molecular complexity index is 554. The van der Waals surface area contributed by atoms with Crippen LogP contribution in [-0.4, -0.2) is 17.0 Å². The second-order valence-electron chi connectivity index (χ2n) is 5.85. The van der Waals surface area contributed by atoms with Gasteiger partial charge in [-0.1, -0.05) is 13.8 Å².